The highest BCUT2D eigenvalue weighted by Gasteiger charge is 2.47. The molecule has 0 radical (unpaired) electrons. The fourth-order valence-corrected chi connectivity index (χ4v) is 4.53. The number of fused-ring (bicyclic) bond motifs is 1. The molecule has 1 atom stereocenters. The number of aromatic amines is 1. The lowest BCUT2D eigenvalue weighted by Gasteiger charge is -2.27. The molecule has 1 aromatic heterocycles. The third-order valence-corrected chi connectivity index (χ3v) is 6.30. The zero-order valence-electron chi connectivity index (χ0n) is 19.0. The second-order valence-corrected chi connectivity index (χ2v) is 8.76. The first-order chi connectivity index (χ1) is 15.7. The normalized spacial score (nSPS) is 18.0. The number of hydrogen-bond acceptors (Lipinski definition) is 5. The predicted octanol–water partition coefficient (Wildman–Crippen LogP) is 4.12. The molecule has 1 saturated heterocycles. The molecule has 3 aromatic rings. The molecule has 4 rings (SSSR count). The quantitative estimate of drug-likeness (QED) is 0.323. The molecule has 1 aliphatic heterocycles. The Morgan fingerprint density at radius 2 is 1.94 bits per heavy atom. The molecular weight excluding hydrogens is 442 g/mol. The zero-order chi connectivity index (χ0) is 23.9. The van der Waals surface area contributed by atoms with Crippen molar-refractivity contribution in [3.63, 3.8) is 0 Å². The number of aromatic nitrogens is 1. The van der Waals surface area contributed by atoms with E-state index in [4.69, 9.17) is 16.3 Å². The number of ketones is 1. The summed E-state index contributed by atoms with van der Waals surface area (Å²) in [5.74, 6) is -1.23. The lowest BCUT2D eigenvalue weighted by Crippen LogP contribution is -2.35. The number of para-hydroxylation sites is 1. The van der Waals surface area contributed by atoms with Crippen molar-refractivity contribution in [3.8, 4) is 5.75 Å². The maximum Gasteiger partial charge on any atom is 0.295 e. The number of Topliss-reactive ketones (excluding diaryl/α,β-unsaturated/α-hetero) is 1. The van der Waals surface area contributed by atoms with E-state index in [-0.39, 0.29) is 21.9 Å². The van der Waals surface area contributed by atoms with Crippen LogP contribution in [0.2, 0.25) is 5.02 Å². The average Bonchev–Trinajstić information content (AvgIpc) is 3.24. The van der Waals surface area contributed by atoms with E-state index < -0.39 is 17.7 Å². The predicted molar refractivity (Wildman–Crippen MR) is 129 cm³/mol. The number of nitrogens with one attached hydrogen (secondary N) is 1. The summed E-state index contributed by atoms with van der Waals surface area (Å²) in [6.45, 7) is 2.79. The Morgan fingerprint density at radius 1 is 1.21 bits per heavy atom. The molecule has 1 unspecified atom stereocenters. The summed E-state index contributed by atoms with van der Waals surface area (Å²) >= 11 is 6.38. The Balaban J connectivity index is 1.98. The number of likely N-dealkylation sites (tertiary alicyclic amines) is 1. The Hall–Kier alpha value is -3.29. The van der Waals surface area contributed by atoms with Gasteiger partial charge in [-0.25, -0.2) is 0 Å². The molecule has 172 valence electrons. The summed E-state index contributed by atoms with van der Waals surface area (Å²) < 4.78 is 5.27. The number of ether oxygens (including phenoxy) is 1. The second-order valence-electron chi connectivity index (χ2n) is 8.35. The molecule has 0 aliphatic carbocycles. The maximum atomic E-state index is 13.3. The Kier molecular flexibility index (Phi) is 6.19. The van der Waals surface area contributed by atoms with E-state index in [0.29, 0.717) is 18.8 Å². The number of aliphatic hydroxyl groups excluding tert-OH is 1. The number of benzene rings is 2. The smallest absolute Gasteiger partial charge is 0.295 e. The number of methoxy groups -OCH3 is 1. The van der Waals surface area contributed by atoms with Gasteiger partial charge in [-0.2, -0.15) is 0 Å². The average molecular weight is 468 g/mol. The van der Waals surface area contributed by atoms with E-state index in [9.17, 15) is 14.7 Å². The van der Waals surface area contributed by atoms with Crippen molar-refractivity contribution in [2.24, 2.45) is 0 Å². The monoisotopic (exact) mass is 467 g/mol. The molecule has 0 bridgehead atoms. The van der Waals surface area contributed by atoms with Gasteiger partial charge in [0.05, 0.1) is 23.7 Å². The number of H-pyrrole nitrogens is 1. The summed E-state index contributed by atoms with van der Waals surface area (Å²) in [5, 5.41) is 12.5. The summed E-state index contributed by atoms with van der Waals surface area (Å²) in [4.78, 5) is 33.3. The second kappa shape index (κ2) is 8.92. The maximum absolute atomic E-state index is 13.3. The number of likely N-dealkylation sites (N-methyl/N-ethyl adjacent to an activating group) is 1. The van der Waals surface area contributed by atoms with Crippen molar-refractivity contribution in [1.82, 2.24) is 14.8 Å². The van der Waals surface area contributed by atoms with Crippen molar-refractivity contribution in [3.05, 3.63) is 69.9 Å². The van der Waals surface area contributed by atoms with Gasteiger partial charge >= 0.3 is 0 Å². The highest BCUT2D eigenvalue weighted by atomic mass is 35.5. The van der Waals surface area contributed by atoms with Gasteiger partial charge in [0.1, 0.15) is 11.5 Å². The molecule has 33 heavy (non-hydrogen) atoms. The number of rotatable bonds is 6. The van der Waals surface area contributed by atoms with Gasteiger partial charge in [0.2, 0.25) is 0 Å². The van der Waals surface area contributed by atoms with Gasteiger partial charge in [0, 0.05) is 40.8 Å². The molecule has 1 aliphatic rings. The van der Waals surface area contributed by atoms with Crippen LogP contribution < -0.4 is 4.74 Å². The molecule has 0 spiro atoms. The van der Waals surface area contributed by atoms with Crippen molar-refractivity contribution < 1.29 is 19.4 Å². The number of carbonyl (C=O) groups is 2. The van der Waals surface area contributed by atoms with Gasteiger partial charge in [0.25, 0.3) is 11.7 Å². The van der Waals surface area contributed by atoms with Crippen LogP contribution in [0.1, 0.15) is 22.9 Å². The largest absolute Gasteiger partial charge is 0.507 e. The standard InChI is InChI=1S/C25H26ClN3O4/c1-14-20(16-7-5-6-8-19(16)27-14)22-21(24(31)25(32)29(22)12-11-28(2)3)23(30)17-13-15(33-4)9-10-18(17)26/h5-10,13,22,27,30H,11-12H2,1-4H3/b23-21+. The number of aliphatic hydroxyl groups is 1. The summed E-state index contributed by atoms with van der Waals surface area (Å²) in [5.41, 5.74) is 2.75. The van der Waals surface area contributed by atoms with E-state index in [1.165, 1.54) is 12.0 Å². The van der Waals surface area contributed by atoms with Crippen molar-refractivity contribution >= 4 is 40.0 Å². The van der Waals surface area contributed by atoms with E-state index >= 15 is 0 Å². The molecule has 0 saturated carbocycles. The Morgan fingerprint density at radius 3 is 2.64 bits per heavy atom. The minimum atomic E-state index is -0.761. The van der Waals surface area contributed by atoms with Crippen LogP contribution in [0, 0.1) is 6.92 Å². The molecule has 7 nitrogen and oxygen atoms in total. The van der Waals surface area contributed by atoms with E-state index in [2.05, 4.69) is 4.98 Å². The number of amides is 1. The van der Waals surface area contributed by atoms with E-state index in [1.54, 1.807) is 18.2 Å². The lowest BCUT2D eigenvalue weighted by molar-refractivity contribution is -0.140. The number of halogens is 1. The molecular formula is C25H26ClN3O4. The fourth-order valence-electron chi connectivity index (χ4n) is 4.33. The summed E-state index contributed by atoms with van der Waals surface area (Å²) in [6.07, 6.45) is 0. The zero-order valence-corrected chi connectivity index (χ0v) is 19.7. The third kappa shape index (κ3) is 3.98. The first kappa shape index (κ1) is 22.9. The number of hydrogen-bond donors (Lipinski definition) is 2. The van der Waals surface area contributed by atoms with Crippen LogP contribution in [0.25, 0.3) is 16.7 Å². The number of nitrogens with zero attached hydrogens (tertiary/aromatic N) is 2. The Bertz CT molecular complexity index is 1280. The first-order valence-corrected chi connectivity index (χ1v) is 11.0. The van der Waals surface area contributed by atoms with Crippen LogP contribution in [0.4, 0.5) is 0 Å². The molecule has 2 N–H and O–H groups in total. The van der Waals surface area contributed by atoms with Gasteiger partial charge in [-0.15, -0.1) is 0 Å². The van der Waals surface area contributed by atoms with Crippen molar-refractivity contribution in [2.45, 2.75) is 13.0 Å². The molecule has 2 heterocycles. The van der Waals surface area contributed by atoms with Gasteiger partial charge in [-0.3, -0.25) is 9.59 Å². The van der Waals surface area contributed by atoms with Gasteiger partial charge in [-0.1, -0.05) is 29.8 Å². The first-order valence-electron chi connectivity index (χ1n) is 10.6. The number of aryl methyl sites for hydroxylation is 1. The highest BCUT2D eigenvalue weighted by molar-refractivity contribution is 6.47. The third-order valence-electron chi connectivity index (χ3n) is 5.97. The van der Waals surface area contributed by atoms with Crippen LogP contribution in [0.3, 0.4) is 0 Å². The fraction of sp³-hybridized carbons (Fsp3) is 0.280. The van der Waals surface area contributed by atoms with E-state index in [0.717, 1.165) is 22.2 Å². The molecule has 1 fully saturated rings. The van der Waals surface area contributed by atoms with Crippen LogP contribution >= 0.6 is 11.6 Å². The topological polar surface area (TPSA) is 85.9 Å². The van der Waals surface area contributed by atoms with Gasteiger partial charge in [-0.05, 0) is 45.3 Å². The van der Waals surface area contributed by atoms with Crippen LogP contribution in [0.15, 0.2) is 48.0 Å². The van der Waals surface area contributed by atoms with Crippen LogP contribution in [-0.2, 0) is 9.59 Å². The Labute approximate surface area is 197 Å². The van der Waals surface area contributed by atoms with Crippen molar-refractivity contribution in [1.29, 1.82) is 0 Å². The summed E-state index contributed by atoms with van der Waals surface area (Å²) in [6, 6.07) is 11.8. The SMILES string of the molecule is COc1ccc(Cl)c(/C(O)=C2\C(=O)C(=O)N(CCN(C)C)C2c2c(C)[nH]c3ccccc23)c1. The minimum absolute atomic E-state index is 0.0155. The molecule has 2 aromatic carbocycles. The highest BCUT2D eigenvalue weighted by Crippen LogP contribution is 2.44. The molecule has 8 heteroatoms. The van der Waals surface area contributed by atoms with Crippen LogP contribution in [0.5, 0.6) is 5.75 Å². The van der Waals surface area contributed by atoms with Crippen molar-refractivity contribution in [2.75, 3.05) is 34.3 Å². The molecule has 1 amide bonds. The lowest BCUT2D eigenvalue weighted by atomic mass is 9.93. The number of carbonyl (C=O) groups excluding carboxylic acids is 2. The van der Waals surface area contributed by atoms with E-state index in [1.807, 2.05) is 50.2 Å². The van der Waals surface area contributed by atoms with Gasteiger partial charge < -0.3 is 24.6 Å². The van der Waals surface area contributed by atoms with Crippen LogP contribution in [-0.4, -0.2) is 65.9 Å². The summed E-state index contributed by atoms with van der Waals surface area (Å²) in [7, 11) is 5.31. The minimum Gasteiger partial charge on any atom is -0.507 e. The van der Waals surface area contributed by atoms with Gasteiger partial charge in [0.15, 0.2) is 0 Å².